The van der Waals surface area contributed by atoms with E-state index in [0.717, 1.165) is 18.9 Å². The van der Waals surface area contributed by atoms with Gasteiger partial charge in [0.15, 0.2) is 5.52 Å². The van der Waals surface area contributed by atoms with Crippen molar-refractivity contribution >= 4 is 27.6 Å². The van der Waals surface area contributed by atoms with Gasteiger partial charge in [0.2, 0.25) is 0 Å². The van der Waals surface area contributed by atoms with Crippen molar-refractivity contribution < 1.29 is 21.8 Å². The van der Waals surface area contributed by atoms with Crippen LogP contribution in [-0.2, 0) is 24.2 Å². The molecule has 0 spiro atoms. The lowest BCUT2D eigenvalue weighted by molar-refractivity contribution is -0.140. The average Bonchev–Trinajstić information content (AvgIpc) is 3.47. The number of rotatable bonds is 4. The Morgan fingerprint density at radius 2 is 1.85 bits per heavy atom. The molecular weight excluding hydrogens is 460 g/mol. The predicted octanol–water partition coefficient (Wildman–Crippen LogP) is 4.53. The molecule has 0 saturated heterocycles. The van der Waals surface area contributed by atoms with Crippen LogP contribution in [0.4, 0.5) is 17.6 Å². The van der Waals surface area contributed by atoms with E-state index in [0.29, 0.717) is 17.5 Å². The van der Waals surface area contributed by atoms with Crippen molar-refractivity contribution in [3.63, 3.8) is 0 Å². The number of aryl methyl sites for hydroxylation is 1. The molecule has 1 aliphatic carbocycles. The van der Waals surface area contributed by atoms with Crippen molar-refractivity contribution in [3.8, 4) is 0 Å². The smallest absolute Gasteiger partial charge is 0.311 e. The van der Waals surface area contributed by atoms with Crippen molar-refractivity contribution in [3.05, 3.63) is 63.5 Å². The lowest BCUT2D eigenvalue weighted by Crippen LogP contribution is -2.22. The Hall–Kier alpha value is -2.82. The molecule has 3 aromatic rings. The third-order valence-corrected chi connectivity index (χ3v) is 6.73. The molecule has 2 heterocycles. The van der Waals surface area contributed by atoms with Gasteiger partial charge in [-0.15, -0.1) is 0 Å². The van der Waals surface area contributed by atoms with E-state index in [2.05, 4.69) is 9.50 Å². The molecule has 0 aliphatic heterocycles. The highest BCUT2D eigenvalue weighted by atomic mass is 32.2. The fourth-order valence-corrected chi connectivity index (χ4v) is 4.10. The molecule has 33 heavy (non-hydrogen) atoms. The van der Waals surface area contributed by atoms with Crippen molar-refractivity contribution in [1.29, 1.82) is 0 Å². The molecule has 11 heteroatoms. The maximum atomic E-state index is 14.4. The van der Waals surface area contributed by atoms with Crippen LogP contribution in [0.5, 0.6) is 0 Å². The maximum absolute atomic E-state index is 14.4. The Kier molecular flexibility index (Phi) is 5.58. The number of nitrogens with zero attached hydrogens (tertiary/aromatic N) is 4. The number of alkyl halides is 3. The zero-order chi connectivity index (χ0) is 24.3. The summed E-state index contributed by atoms with van der Waals surface area (Å²) in [4.78, 5) is 12.9. The number of fused-ring (bicyclic) bond motifs is 1. The van der Waals surface area contributed by atoms with Crippen LogP contribution in [0.15, 0.2) is 39.7 Å². The second-order valence-corrected chi connectivity index (χ2v) is 10.9. The SMILES string of the molecule is Cn1nc2c(=O)n(C3CC3)ccc2c1C(=NS(=O)C(C)(C)C)c1ccc(C(F)(F)F)c(F)c1. The van der Waals surface area contributed by atoms with E-state index in [-0.39, 0.29) is 34.1 Å². The van der Waals surface area contributed by atoms with Crippen molar-refractivity contribution in [2.24, 2.45) is 11.4 Å². The number of benzene rings is 1. The normalized spacial score (nSPS) is 16.4. The molecule has 0 amide bonds. The van der Waals surface area contributed by atoms with Gasteiger partial charge in [-0.1, -0.05) is 6.07 Å². The van der Waals surface area contributed by atoms with Crippen LogP contribution in [0.25, 0.3) is 10.9 Å². The Labute approximate surface area is 189 Å². The molecular formula is C22H22F4N4O2S. The molecule has 1 atom stereocenters. The first-order valence-electron chi connectivity index (χ1n) is 10.2. The number of hydrogen-bond donors (Lipinski definition) is 0. The zero-order valence-corrected chi connectivity index (χ0v) is 19.2. The van der Waals surface area contributed by atoms with Crippen molar-refractivity contribution in [1.82, 2.24) is 14.3 Å². The molecule has 0 N–H and O–H groups in total. The van der Waals surface area contributed by atoms with Crippen LogP contribution < -0.4 is 5.56 Å². The molecule has 1 aromatic carbocycles. The number of pyridine rings is 1. The molecule has 0 radical (unpaired) electrons. The summed E-state index contributed by atoms with van der Waals surface area (Å²) >= 11 is 0. The predicted molar refractivity (Wildman–Crippen MR) is 118 cm³/mol. The third kappa shape index (κ3) is 4.38. The first-order valence-corrected chi connectivity index (χ1v) is 11.4. The zero-order valence-electron chi connectivity index (χ0n) is 18.4. The molecule has 1 fully saturated rings. The van der Waals surface area contributed by atoms with Gasteiger partial charge in [0, 0.05) is 30.2 Å². The second kappa shape index (κ2) is 7.89. The van der Waals surface area contributed by atoms with Crippen LogP contribution in [0, 0.1) is 5.82 Å². The molecule has 1 saturated carbocycles. The minimum atomic E-state index is -4.86. The van der Waals surface area contributed by atoms with Gasteiger partial charge >= 0.3 is 6.18 Å². The molecule has 2 aromatic heterocycles. The number of hydrogen-bond acceptors (Lipinski definition) is 3. The molecule has 0 bridgehead atoms. The van der Waals surface area contributed by atoms with Crippen LogP contribution in [0.2, 0.25) is 0 Å². The summed E-state index contributed by atoms with van der Waals surface area (Å²) in [5.74, 6) is -1.48. The van der Waals surface area contributed by atoms with Crippen molar-refractivity contribution in [2.45, 2.75) is 50.6 Å². The third-order valence-electron chi connectivity index (χ3n) is 5.33. The number of aromatic nitrogens is 3. The Morgan fingerprint density at radius 3 is 2.39 bits per heavy atom. The van der Waals surface area contributed by atoms with E-state index in [4.69, 9.17) is 0 Å². The van der Waals surface area contributed by atoms with Gasteiger partial charge in [-0.2, -0.15) is 22.7 Å². The highest BCUT2D eigenvalue weighted by Gasteiger charge is 2.35. The Bertz CT molecular complexity index is 1360. The standard InChI is InChI=1S/C22H22F4N4O2S/c1-21(2,3)33(32)28-17(12-5-8-15(16(23)11-12)22(24,25)26)19-14-9-10-30(13-6-7-13)20(31)18(14)27-29(19)4/h5,8-11,13H,6-7H2,1-4H3. The van der Waals surface area contributed by atoms with Crippen LogP contribution in [0.3, 0.4) is 0 Å². The summed E-state index contributed by atoms with van der Waals surface area (Å²) in [5, 5.41) is 4.70. The highest BCUT2D eigenvalue weighted by Crippen LogP contribution is 2.35. The van der Waals surface area contributed by atoms with E-state index >= 15 is 0 Å². The first-order chi connectivity index (χ1) is 15.3. The second-order valence-electron chi connectivity index (χ2n) is 8.99. The lowest BCUT2D eigenvalue weighted by Gasteiger charge is -2.16. The molecule has 4 rings (SSSR count). The number of halogens is 4. The average molecular weight is 483 g/mol. The molecule has 176 valence electrons. The minimum absolute atomic E-state index is 0.00521. The maximum Gasteiger partial charge on any atom is 0.419 e. The summed E-state index contributed by atoms with van der Waals surface area (Å²) in [6.45, 7) is 5.06. The van der Waals surface area contributed by atoms with Gasteiger partial charge in [0.25, 0.3) is 5.56 Å². The fourth-order valence-electron chi connectivity index (χ4n) is 3.47. The van der Waals surface area contributed by atoms with E-state index < -0.39 is 33.3 Å². The summed E-state index contributed by atoms with van der Waals surface area (Å²) in [5.41, 5.74) is -1.30. The summed E-state index contributed by atoms with van der Waals surface area (Å²) in [6, 6.07) is 4.21. The summed E-state index contributed by atoms with van der Waals surface area (Å²) in [7, 11) is -0.273. The van der Waals surface area contributed by atoms with Gasteiger partial charge in [0.1, 0.15) is 22.5 Å². The van der Waals surface area contributed by atoms with E-state index in [1.165, 1.54) is 4.68 Å². The van der Waals surface area contributed by atoms with Gasteiger partial charge in [0.05, 0.1) is 16.0 Å². The molecule has 6 nitrogen and oxygen atoms in total. The largest absolute Gasteiger partial charge is 0.419 e. The van der Waals surface area contributed by atoms with Gasteiger partial charge < -0.3 is 4.57 Å². The van der Waals surface area contributed by atoms with Crippen molar-refractivity contribution in [2.75, 3.05) is 0 Å². The molecule has 1 unspecified atom stereocenters. The Morgan fingerprint density at radius 1 is 1.18 bits per heavy atom. The van der Waals surface area contributed by atoms with Crippen LogP contribution in [-0.4, -0.2) is 29.0 Å². The monoisotopic (exact) mass is 482 g/mol. The van der Waals surface area contributed by atoms with Gasteiger partial charge in [-0.25, -0.2) is 8.60 Å². The van der Waals surface area contributed by atoms with E-state index in [1.54, 1.807) is 44.6 Å². The van der Waals surface area contributed by atoms with Crippen LogP contribution in [0.1, 0.15) is 56.5 Å². The highest BCUT2D eigenvalue weighted by molar-refractivity contribution is 7.85. The van der Waals surface area contributed by atoms with Gasteiger partial charge in [-0.05, 0) is 51.8 Å². The Balaban J connectivity index is 1.96. The summed E-state index contributed by atoms with van der Waals surface area (Å²) in [6.07, 6.45) is -1.43. The topological polar surface area (TPSA) is 69.2 Å². The summed E-state index contributed by atoms with van der Waals surface area (Å²) < 4.78 is 73.0. The van der Waals surface area contributed by atoms with E-state index in [1.807, 2.05) is 0 Å². The quantitative estimate of drug-likeness (QED) is 0.405. The van der Waals surface area contributed by atoms with Gasteiger partial charge in [-0.3, -0.25) is 9.48 Å². The van der Waals surface area contributed by atoms with Crippen LogP contribution >= 0.6 is 0 Å². The van der Waals surface area contributed by atoms with E-state index in [9.17, 15) is 26.6 Å². The lowest BCUT2D eigenvalue weighted by atomic mass is 10.0. The first kappa shape index (κ1) is 23.3. The minimum Gasteiger partial charge on any atom is -0.311 e. The fraction of sp³-hybridized carbons (Fsp3) is 0.409. The molecule has 1 aliphatic rings.